The number of hydrogen-bond donors (Lipinski definition) is 1. The van der Waals surface area contributed by atoms with Crippen LogP contribution < -0.4 is 10.2 Å². The molecule has 6 heteroatoms. The topological polar surface area (TPSA) is 63.4 Å². The zero-order valence-electron chi connectivity index (χ0n) is 11.5. The maximum atomic E-state index is 5.37. The molecule has 0 radical (unpaired) electrons. The summed E-state index contributed by atoms with van der Waals surface area (Å²) in [7, 11) is 0. The molecule has 0 aromatic carbocycles. The first-order valence-electron chi connectivity index (χ1n) is 6.76. The minimum atomic E-state index is 0.582. The van der Waals surface area contributed by atoms with Crippen LogP contribution in [0.25, 0.3) is 0 Å². The van der Waals surface area contributed by atoms with E-state index in [4.69, 9.17) is 9.15 Å². The number of ether oxygens (including phenoxy) is 1. The van der Waals surface area contributed by atoms with Crippen molar-refractivity contribution in [1.82, 2.24) is 9.97 Å². The molecule has 0 bridgehead atoms. The minimum absolute atomic E-state index is 0.582. The highest BCUT2D eigenvalue weighted by atomic mass is 16.5. The number of nitrogens with one attached hydrogen (secondary N) is 1. The molecular weight excluding hydrogens is 256 g/mol. The monoisotopic (exact) mass is 274 g/mol. The van der Waals surface area contributed by atoms with E-state index in [2.05, 4.69) is 20.2 Å². The molecule has 0 atom stereocenters. The maximum absolute atomic E-state index is 5.37. The van der Waals surface area contributed by atoms with Crippen molar-refractivity contribution in [3.8, 4) is 0 Å². The summed E-state index contributed by atoms with van der Waals surface area (Å²) in [6.45, 7) is 5.79. The van der Waals surface area contributed by atoms with Crippen LogP contribution in [0.3, 0.4) is 0 Å². The summed E-state index contributed by atoms with van der Waals surface area (Å²) >= 11 is 0. The Kier molecular flexibility index (Phi) is 3.83. The lowest BCUT2D eigenvalue weighted by molar-refractivity contribution is 0.122. The van der Waals surface area contributed by atoms with Crippen LogP contribution in [-0.4, -0.2) is 36.3 Å². The molecule has 1 aliphatic heterocycles. The quantitative estimate of drug-likeness (QED) is 0.917. The fourth-order valence-corrected chi connectivity index (χ4v) is 2.16. The van der Waals surface area contributed by atoms with Gasteiger partial charge in [0.25, 0.3) is 0 Å². The zero-order valence-corrected chi connectivity index (χ0v) is 11.5. The lowest BCUT2D eigenvalue weighted by Gasteiger charge is -2.28. The highest BCUT2D eigenvalue weighted by Gasteiger charge is 2.14. The standard InChI is InChI=1S/C14H18N4O2/c1-11-9-13(18-4-7-19-8-5-18)17-14(16-11)15-10-12-3-2-6-20-12/h2-3,6,9H,4-5,7-8,10H2,1H3,(H,15,16,17). The van der Waals surface area contributed by atoms with Crippen LogP contribution in [0.1, 0.15) is 11.5 Å². The summed E-state index contributed by atoms with van der Waals surface area (Å²) in [5.74, 6) is 2.44. The summed E-state index contributed by atoms with van der Waals surface area (Å²) < 4.78 is 10.7. The average molecular weight is 274 g/mol. The summed E-state index contributed by atoms with van der Waals surface area (Å²) in [6.07, 6.45) is 1.66. The molecule has 0 saturated carbocycles. The van der Waals surface area contributed by atoms with E-state index in [-0.39, 0.29) is 0 Å². The number of furan rings is 1. The fraction of sp³-hybridized carbons (Fsp3) is 0.429. The lowest BCUT2D eigenvalue weighted by atomic mass is 10.3. The lowest BCUT2D eigenvalue weighted by Crippen LogP contribution is -2.37. The van der Waals surface area contributed by atoms with Gasteiger partial charge in [0.15, 0.2) is 0 Å². The van der Waals surface area contributed by atoms with Crippen molar-refractivity contribution >= 4 is 11.8 Å². The molecule has 3 rings (SSSR count). The van der Waals surface area contributed by atoms with Gasteiger partial charge >= 0.3 is 0 Å². The molecule has 106 valence electrons. The van der Waals surface area contributed by atoms with Gasteiger partial charge in [-0.05, 0) is 19.1 Å². The van der Waals surface area contributed by atoms with Gasteiger partial charge < -0.3 is 19.4 Å². The van der Waals surface area contributed by atoms with E-state index in [1.807, 2.05) is 25.1 Å². The first kappa shape index (κ1) is 12.9. The van der Waals surface area contributed by atoms with E-state index < -0.39 is 0 Å². The largest absolute Gasteiger partial charge is 0.467 e. The van der Waals surface area contributed by atoms with Gasteiger partial charge in [-0.2, -0.15) is 4.98 Å². The highest BCUT2D eigenvalue weighted by molar-refractivity contribution is 5.45. The van der Waals surface area contributed by atoms with Crippen molar-refractivity contribution in [3.63, 3.8) is 0 Å². The number of hydrogen-bond acceptors (Lipinski definition) is 6. The fourth-order valence-electron chi connectivity index (χ4n) is 2.16. The minimum Gasteiger partial charge on any atom is -0.467 e. The smallest absolute Gasteiger partial charge is 0.225 e. The second-order valence-electron chi connectivity index (χ2n) is 4.72. The van der Waals surface area contributed by atoms with Crippen LogP contribution in [0.4, 0.5) is 11.8 Å². The first-order valence-corrected chi connectivity index (χ1v) is 6.76. The van der Waals surface area contributed by atoms with Crippen LogP contribution in [0.15, 0.2) is 28.9 Å². The molecule has 0 amide bonds. The normalized spacial score (nSPS) is 15.3. The molecule has 1 saturated heterocycles. The zero-order chi connectivity index (χ0) is 13.8. The summed E-state index contributed by atoms with van der Waals surface area (Å²) in [5, 5.41) is 3.19. The third kappa shape index (κ3) is 3.08. The number of aryl methyl sites for hydroxylation is 1. The first-order chi connectivity index (χ1) is 9.81. The van der Waals surface area contributed by atoms with Gasteiger partial charge in [0, 0.05) is 24.8 Å². The Morgan fingerprint density at radius 1 is 1.30 bits per heavy atom. The van der Waals surface area contributed by atoms with Crippen molar-refractivity contribution in [2.45, 2.75) is 13.5 Å². The van der Waals surface area contributed by atoms with E-state index in [0.717, 1.165) is 43.6 Å². The maximum Gasteiger partial charge on any atom is 0.225 e. The van der Waals surface area contributed by atoms with Crippen molar-refractivity contribution < 1.29 is 9.15 Å². The predicted octanol–water partition coefficient (Wildman–Crippen LogP) is 1.83. The van der Waals surface area contributed by atoms with E-state index >= 15 is 0 Å². The second kappa shape index (κ2) is 5.92. The predicted molar refractivity (Wildman–Crippen MR) is 75.8 cm³/mol. The average Bonchev–Trinajstić information content (AvgIpc) is 2.99. The molecule has 1 N–H and O–H groups in total. The van der Waals surface area contributed by atoms with E-state index in [1.165, 1.54) is 0 Å². The summed E-state index contributed by atoms with van der Waals surface area (Å²) in [6, 6.07) is 5.79. The molecule has 3 heterocycles. The Morgan fingerprint density at radius 3 is 2.90 bits per heavy atom. The van der Waals surface area contributed by atoms with Crippen molar-refractivity contribution in [3.05, 3.63) is 35.9 Å². The Morgan fingerprint density at radius 2 is 2.15 bits per heavy atom. The second-order valence-corrected chi connectivity index (χ2v) is 4.72. The molecular formula is C14H18N4O2. The van der Waals surface area contributed by atoms with Gasteiger partial charge in [0.1, 0.15) is 11.6 Å². The SMILES string of the molecule is Cc1cc(N2CCOCC2)nc(NCc2ccco2)n1. The van der Waals surface area contributed by atoms with Gasteiger partial charge in [0.2, 0.25) is 5.95 Å². The Hall–Kier alpha value is -2.08. The number of rotatable bonds is 4. The van der Waals surface area contributed by atoms with E-state index in [0.29, 0.717) is 12.5 Å². The summed E-state index contributed by atoms with van der Waals surface area (Å²) in [5.41, 5.74) is 0.948. The Labute approximate surface area is 117 Å². The van der Waals surface area contributed by atoms with Crippen molar-refractivity contribution in [2.75, 3.05) is 36.5 Å². The Balaban J connectivity index is 1.72. The molecule has 20 heavy (non-hydrogen) atoms. The van der Waals surface area contributed by atoms with E-state index in [1.54, 1.807) is 6.26 Å². The number of nitrogens with zero attached hydrogens (tertiary/aromatic N) is 3. The molecule has 0 unspecified atom stereocenters. The van der Waals surface area contributed by atoms with Crippen LogP contribution in [0, 0.1) is 6.92 Å². The van der Waals surface area contributed by atoms with Gasteiger partial charge in [-0.15, -0.1) is 0 Å². The van der Waals surface area contributed by atoms with Crippen LogP contribution >= 0.6 is 0 Å². The molecule has 2 aromatic rings. The molecule has 0 aliphatic carbocycles. The molecule has 1 fully saturated rings. The number of anilines is 2. The molecule has 0 spiro atoms. The third-order valence-corrected chi connectivity index (χ3v) is 3.18. The van der Waals surface area contributed by atoms with Gasteiger partial charge in [-0.1, -0.05) is 0 Å². The van der Waals surface area contributed by atoms with Gasteiger partial charge in [0.05, 0.1) is 26.0 Å². The number of morpholine rings is 1. The van der Waals surface area contributed by atoms with Gasteiger partial charge in [-0.25, -0.2) is 4.98 Å². The van der Waals surface area contributed by atoms with Crippen molar-refractivity contribution in [2.24, 2.45) is 0 Å². The Bertz CT molecular complexity index is 550. The number of aromatic nitrogens is 2. The van der Waals surface area contributed by atoms with E-state index in [9.17, 15) is 0 Å². The third-order valence-electron chi connectivity index (χ3n) is 3.18. The van der Waals surface area contributed by atoms with Crippen molar-refractivity contribution in [1.29, 1.82) is 0 Å². The van der Waals surface area contributed by atoms with Crippen LogP contribution in [0.2, 0.25) is 0 Å². The van der Waals surface area contributed by atoms with Crippen LogP contribution in [-0.2, 0) is 11.3 Å². The molecule has 6 nitrogen and oxygen atoms in total. The highest BCUT2D eigenvalue weighted by Crippen LogP contribution is 2.16. The van der Waals surface area contributed by atoms with Crippen LogP contribution in [0.5, 0.6) is 0 Å². The molecule has 2 aromatic heterocycles. The molecule has 1 aliphatic rings. The van der Waals surface area contributed by atoms with Gasteiger partial charge in [-0.3, -0.25) is 0 Å². The summed E-state index contributed by atoms with van der Waals surface area (Å²) in [4.78, 5) is 11.2.